The molecule has 0 spiro atoms. The number of carbonyl (C=O) groups excluding carboxylic acids is 1. The zero-order chi connectivity index (χ0) is 15.6. The summed E-state index contributed by atoms with van der Waals surface area (Å²) in [6, 6.07) is -0.0508. The van der Waals surface area contributed by atoms with Gasteiger partial charge in [0.25, 0.3) is 0 Å². The van der Waals surface area contributed by atoms with Crippen LogP contribution in [0.5, 0.6) is 0 Å². The molecule has 0 bridgehead atoms. The van der Waals surface area contributed by atoms with E-state index in [2.05, 4.69) is 10.3 Å². The van der Waals surface area contributed by atoms with Gasteiger partial charge in [0.05, 0.1) is 30.3 Å². The number of amides is 1. The minimum absolute atomic E-state index is 0.0508. The average molecular weight is 331 g/mol. The summed E-state index contributed by atoms with van der Waals surface area (Å²) >= 11 is 1.58. The summed E-state index contributed by atoms with van der Waals surface area (Å²) in [5.74, 6) is 0.274. The molecule has 1 amide bonds. The predicted molar refractivity (Wildman–Crippen MR) is 83.1 cm³/mol. The SMILES string of the molecule is Cc1nc(CNC(=O)CN(C)C2CCS(=O)(=O)C2)sc1C. The molecule has 0 aromatic carbocycles. The van der Waals surface area contributed by atoms with Crippen LogP contribution < -0.4 is 5.32 Å². The summed E-state index contributed by atoms with van der Waals surface area (Å²) in [4.78, 5) is 19.3. The largest absolute Gasteiger partial charge is 0.348 e. The second-order valence-corrected chi connectivity index (χ2v) is 9.01. The average Bonchev–Trinajstić information content (AvgIpc) is 2.90. The van der Waals surface area contributed by atoms with Crippen molar-refractivity contribution in [2.24, 2.45) is 0 Å². The molecule has 2 rings (SSSR count). The van der Waals surface area contributed by atoms with Crippen LogP contribution in [0.15, 0.2) is 0 Å². The maximum atomic E-state index is 11.9. The highest BCUT2D eigenvalue weighted by molar-refractivity contribution is 7.91. The highest BCUT2D eigenvalue weighted by Gasteiger charge is 2.31. The highest BCUT2D eigenvalue weighted by Crippen LogP contribution is 2.17. The zero-order valence-electron chi connectivity index (χ0n) is 12.5. The van der Waals surface area contributed by atoms with E-state index in [-0.39, 0.29) is 30.0 Å². The van der Waals surface area contributed by atoms with Crippen molar-refractivity contribution in [2.45, 2.75) is 32.9 Å². The fourth-order valence-corrected chi connectivity index (χ4v) is 5.00. The van der Waals surface area contributed by atoms with Crippen LogP contribution in [0.3, 0.4) is 0 Å². The quantitative estimate of drug-likeness (QED) is 0.850. The predicted octanol–water partition coefficient (Wildman–Crippen LogP) is 0.495. The van der Waals surface area contributed by atoms with Gasteiger partial charge in [-0.3, -0.25) is 9.69 Å². The summed E-state index contributed by atoms with van der Waals surface area (Å²) in [5.41, 5.74) is 0.998. The molecule has 6 nitrogen and oxygen atoms in total. The standard InChI is InChI=1S/C13H21N3O3S2/c1-9-10(2)20-13(15-9)6-14-12(17)7-16(3)11-4-5-21(18,19)8-11/h11H,4-8H2,1-3H3,(H,14,17). The number of thiazole rings is 1. The molecular formula is C13H21N3O3S2. The lowest BCUT2D eigenvalue weighted by Crippen LogP contribution is -2.41. The van der Waals surface area contributed by atoms with Crippen molar-refractivity contribution >= 4 is 27.1 Å². The Kier molecular flexibility index (Phi) is 5.00. The van der Waals surface area contributed by atoms with E-state index in [4.69, 9.17) is 0 Å². The van der Waals surface area contributed by atoms with Gasteiger partial charge >= 0.3 is 0 Å². The number of likely N-dealkylation sites (N-methyl/N-ethyl adjacent to an activating group) is 1. The molecule has 0 saturated carbocycles. The van der Waals surface area contributed by atoms with Crippen LogP contribution in [0, 0.1) is 13.8 Å². The fourth-order valence-electron chi connectivity index (χ4n) is 2.32. The van der Waals surface area contributed by atoms with Gasteiger partial charge in [-0.1, -0.05) is 0 Å². The van der Waals surface area contributed by atoms with Crippen molar-refractivity contribution in [1.29, 1.82) is 0 Å². The first kappa shape index (κ1) is 16.4. The van der Waals surface area contributed by atoms with E-state index in [9.17, 15) is 13.2 Å². The van der Waals surface area contributed by atoms with Crippen LogP contribution in [0.4, 0.5) is 0 Å². The maximum absolute atomic E-state index is 11.9. The van der Waals surface area contributed by atoms with E-state index >= 15 is 0 Å². The normalized spacial score (nSPS) is 20.9. The lowest BCUT2D eigenvalue weighted by atomic mass is 10.2. The van der Waals surface area contributed by atoms with Crippen LogP contribution in [0.25, 0.3) is 0 Å². The summed E-state index contributed by atoms with van der Waals surface area (Å²) < 4.78 is 22.9. The van der Waals surface area contributed by atoms with Gasteiger partial charge in [0.15, 0.2) is 9.84 Å². The van der Waals surface area contributed by atoms with E-state index in [0.717, 1.165) is 15.6 Å². The van der Waals surface area contributed by atoms with Crippen LogP contribution in [-0.4, -0.2) is 55.3 Å². The molecule has 1 aliphatic rings. The van der Waals surface area contributed by atoms with Gasteiger partial charge in [-0.25, -0.2) is 13.4 Å². The summed E-state index contributed by atoms with van der Waals surface area (Å²) in [7, 11) is -1.12. The Hall–Kier alpha value is -0.990. The minimum atomic E-state index is -2.92. The molecule has 1 aromatic rings. The number of hydrogen-bond donors (Lipinski definition) is 1. The van der Waals surface area contributed by atoms with E-state index in [1.54, 1.807) is 18.4 Å². The first-order chi connectivity index (χ1) is 9.77. The summed E-state index contributed by atoms with van der Waals surface area (Å²) in [6.07, 6.45) is 0.608. The van der Waals surface area contributed by atoms with E-state index in [0.29, 0.717) is 13.0 Å². The smallest absolute Gasteiger partial charge is 0.234 e. The van der Waals surface area contributed by atoms with Gasteiger partial charge in [0.2, 0.25) is 5.91 Å². The first-order valence-corrected chi connectivity index (χ1v) is 9.51. The molecule has 118 valence electrons. The topological polar surface area (TPSA) is 79.4 Å². The minimum Gasteiger partial charge on any atom is -0.348 e. The first-order valence-electron chi connectivity index (χ1n) is 6.87. The number of nitrogens with one attached hydrogen (secondary N) is 1. The second-order valence-electron chi connectivity index (χ2n) is 5.50. The summed E-state index contributed by atoms with van der Waals surface area (Å²) in [5, 5.41) is 3.73. The summed E-state index contributed by atoms with van der Waals surface area (Å²) in [6.45, 7) is 4.59. The third kappa shape index (κ3) is 4.49. The second kappa shape index (κ2) is 6.41. The number of rotatable bonds is 5. The van der Waals surface area contributed by atoms with Gasteiger partial charge in [0, 0.05) is 10.9 Å². The van der Waals surface area contributed by atoms with Gasteiger partial charge in [-0.05, 0) is 27.3 Å². The van der Waals surface area contributed by atoms with Crippen molar-refractivity contribution in [3.8, 4) is 0 Å². The van der Waals surface area contributed by atoms with Crippen LogP contribution in [0.2, 0.25) is 0 Å². The van der Waals surface area contributed by atoms with Crippen LogP contribution >= 0.6 is 11.3 Å². The monoisotopic (exact) mass is 331 g/mol. The molecule has 2 heterocycles. The Labute approximate surface area is 129 Å². The number of carbonyl (C=O) groups is 1. The van der Waals surface area contributed by atoms with Gasteiger partial charge < -0.3 is 5.32 Å². The van der Waals surface area contributed by atoms with Crippen molar-refractivity contribution in [2.75, 3.05) is 25.1 Å². The third-order valence-corrected chi connectivity index (χ3v) is 6.56. The van der Waals surface area contributed by atoms with E-state index < -0.39 is 9.84 Å². The molecular weight excluding hydrogens is 310 g/mol. The van der Waals surface area contributed by atoms with Crippen LogP contribution in [-0.2, 0) is 21.2 Å². The van der Waals surface area contributed by atoms with E-state index in [1.807, 2.05) is 18.7 Å². The molecule has 1 aromatic heterocycles. The maximum Gasteiger partial charge on any atom is 0.234 e. The molecule has 1 aliphatic heterocycles. The molecule has 21 heavy (non-hydrogen) atoms. The van der Waals surface area contributed by atoms with Gasteiger partial charge in [-0.15, -0.1) is 11.3 Å². The van der Waals surface area contributed by atoms with Crippen molar-refractivity contribution in [3.05, 3.63) is 15.6 Å². The molecule has 8 heteroatoms. The Morgan fingerprint density at radius 2 is 2.19 bits per heavy atom. The zero-order valence-corrected chi connectivity index (χ0v) is 14.2. The Bertz CT molecular complexity index is 605. The molecule has 1 atom stereocenters. The van der Waals surface area contributed by atoms with Crippen LogP contribution in [0.1, 0.15) is 22.0 Å². The van der Waals surface area contributed by atoms with Crippen molar-refractivity contribution in [1.82, 2.24) is 15.2 Å². The molecule has 1 fully saturated rings. The Morgan fingerprint density at radius 3 is 2.71 bits per heavy atom. The molecule has 1 unspecified atom stereocenters. The fraction of sp³-hybridized carbons (Fsp3) is 0.692. The number of nitrogens with zero attached hydrogens (tertiary/aromatic N) is 2. The molecule has 1 N–H and O–H groups in total. The number of hydrogen-bond acceptors (Lipinski definition) is 6. The molecule has 0 aliphatic carbocycles. The van der Waals surface area contributed by atoms with E-state index in [1.165, 1.54) is 0 Å². The van der Waals surface area contributed by atoms with Gasteiger partial charge in [0.1, 0.15) is 5.01 Å². The highest BCUT2D eigenvalue weighted by atomic mass is 32.2. The lowest BCUT2D eigenvalue weighted by molar-refractivity contribution is -0.122. The molecule has 1 saturated heterocycles. The number of sulfone groups is 1. The molecule has 0 radical (unpaired) electrons. The number of aromatic nitrogens is 1. The third-order valence-electron chi connectivity index (χ3n) is 3.73. The van der Waals surface area contributed by atoms with Crippen molar-refractivity contribution in [3.63, 3.8) is 0 Å². The number of aryl methyl sites for hydroxylation is 2. The van der Waals surface area contributed by atoms with Crippen molar-refractivity contribution < 1.29 is 13.2 Å². The Morgan fingerprint density at radius 1 is 1.48 bits per heavy atom. The lowest BCUT2D eigenvalue weighted by Gasteiger charge is -2.22. The Balaban J connectivity index is 1.79. The van der Waals surface area contributed by atoms with Gasteiger partial charge in [-0.2, -0.15) is 0 Å².